The number of hydrogen-bond donors (Lipinski definition) is 0. The van der Waals surface area contributed by atoms with Crippen LogP contribution in [0.4, 0.5) is 5.69 Å². The van der Waals surface area contributed by atoms with Gasteiger partial charge >= 0.3 is 0 Å². The van der Waals surface area contributed by atoms with E-state index >= 15 is 0 Å². The molecule has 166 valence electrons. The molecule has 34 heavy (non-hydrogen) atoms. The van der Waals surface area contributed by atoms with Crippen molar-refractivity contribution < 1.29 is 9.59 Å². The average molecular weight is 445 g/mol. The Kier molecular flexibility index (Phi) is 4.88. The van der Waals surface area contributed by atoms with E-state index in [2.05, 4.69) is 17.1 Å². The van der Waals surface area contributed by atoms with Gasteiger partial charge in [0.15, 0.2) is 0 Å². The molecule has 0 spiro atoms. The number of amides is 2. The number of rotatable bonds is 3. The van der Waals surface area contributed by atoms with Gasteiger partial charge in [0, 0.05) is 23.4 Å². The van der Waals surface area contributed by atoms with Gasteiger partial charge in [-0.05, 0) is 35.7 Å². The molecule has 4 nitrogen and oxygen atoms in total. The SMILES string of the molecule is Cc1ccnc2c(N3C(=O)[C@H]4[C@H](C3=O)[C@H](c3ccccc3)C=C[C@H]4c3ccccc3)cccc12. The summed E-state index contributed by atoms with van der Waals surface area (Å²) in [7, 11) is 0. The molecule has 4 aromatic rings. The van der Waals surface area contributed by atoms with Crippen molar-refractivity contribution in [2.75, 3.05) is 4.90 Å². The van der Waals surface area contributed by atoms with Crippen molar-refractivity contribution in [1.82, 2.24) is 4.98 Å². The van der Waals surface area contributed by atoms with Crippen LogP contribution in [0.2, 0.25) is 0 Å². The average Bonchev–Trinajstić information content (AvgIpc) is 3.15. The molecular formula is C30H24N2O2. The lowest BCUT2D eigenvalue weighted by molar-refractivity contribution is -0.122. The van der Waals surface area contributed by atoms with E-state index in [1.165, 1.54) is 4.90 Å². The van der Waals surface area contributed by atoms with E-state index in [-0.39, 0.29) is 23.7 Å². The highest BCUT2D eigenvalue weighted by molar-refractivity contribution is 6.25. The van der Waals surface area contributed by atoms with Crippen LogP contribution in [0.25, 0.3) is 10.9 Å². The molecule has 1 fully saturated rings. The molecule has 3 aromatic carbocycles. The van der Waals surface area contributed by atoms with E-state index in [0.717, 1.165) is 22.1 Å². The van der Waals surface area contributed by atoms with E-state index in [1.54, 1.807) is 6.20 Å². The lowest BCUT2D eigenvalue weighted by Crippen LogP contribution is -2.32. The Balaban J connectivity index is 1.52. The summed E-state index contributed by atoms with van der Waals surface area (Å²) in [5.74, 6) is -1.54. The number of allylic oxidation sites excluding steroid dienone is 2. The second kappa shape index (κ2) is 8.07. The zero-order valence-corrected chi connectivity index (χ0v) is 18.8. The maximum Gasteiger partial charge on any atom is 0.238 e. The molecule has 4 heteroatoms. The number of anilines is 1. The van der Waals surface area contributed by atoms with Gasteiger partial charge in [-0.3, -0.25) is 14.6 Å². The predicted molar refractivity (Wildman–Crippen MR) is 133 cm³/mol. The van der Waals surface area contributed by atoms with E-state index < -0.39 is 11.8 Å². The Morgan fingerprint density at radius 2 is 1.24 bits per heavy atom. The summed E-state index contributed by atoms with van der Waals surface area (Å²) < 4.78 is 0. The molecule has 2 amide bonds. The van der Waals surface area contributed by atoms with Gasteiger partial charge in [0.2, 0.25) is 11.8 Å². The first-order chi connectivity index (χ1) is 16.6. The third-order valence-electron chi connectivity index (χ3n) is 7.28. The molecule has 6 rings (SSSR count). The summed E-state index contributed by atoms with van der Waals surface area (Å²) in [6.45, 7) is 2.02. The molecule has 0 N–H and O–H groups in total. The monoisotopic (exact) mass is 444 g/mol. The fourth-order valence-corrected chi connectivity index (χ4v) is 5.65. The Morgan fingerprint density at radius 1 is 0.676 bits per heavy atom. The third-order valence-corrected chi connectivity index (χ3v) is 7.28. The first-order valence-electron chi connectivity index (χ1n) is 11.7. The Labute approximate surface area is 198 Å². The molecule has 2 heterocycles. The van der Waals surface area contributed by atoms with Crippen LogP contribution in [-0.2, 0) is 9.59 Å². The number of aromatic nitrogens is 1. The maximum atomic E-state index is 14.1. The molecule has 0 radical (unpaired) electrons. The highest BCUT2D eigenvalue weighted by atomic mass is 16.2. The number of carbonyl (C=O) groups excluding carboxylic acids is 2. The minimum absolute atomic E-state index is 0.148. The van der Waals surface area contributed by atoms with Crippen molar-refractivity contribution in [3.8, 4) is 0 Å². The number of carbonyl (C=O) groups is 2. The van der Waals surface area contributed by atoms with Crippen LogP contribution in [0.5, 0.6) is 0 Å². The number of benzene rings is 3. The first-order valence-corrected chi connectivity index (χ1v) is 11.7. The summed E-state index contributed by atoms with van der Waals surface area (Å²) in [5.41, 5.74) is 4.42. The smallest absolute Gasteiger partial charge is 0.238 e. The lowest BCUT2D eigenvalue weighted by Gasteiger charge is -2.32. The van der Waals surface area contributed by atoms with Gasteiger partial charge in [-0.2, -0.15) is 0 Å². The minimum atomic E-state index is -0.467. The fourth-order valence-electron chi connectivity index (χ4n) is 5.65. The van der Waals surface area contributed by atoms with Crippen LogP contribution in [0, 0.1) is 18.8 Å². The van der Waals surface area contributed by atoms with Crippen LogP contribution in [-0.4, -0.2) is 16.8 Å². The Bertz CT molecular complexity index is 1360. The topological polar surface area (TPSA) is 50.3 Å². The highest BCUT2D eigenvalue weighted by Crippen LogP contribution is 2.50. The quantitative estimate of drug-likeness (QED) is 0.297. The number of aryl methyl sites for hydroxylation is 1. The van der Waals surface area contributed by atoms with Gasteiger partial charge in [-0.1, -0.05) is 84.9 Å². The zero-order valence-electron chi connectivity index (χ0n) is 18.8. The molecule has 2 aliphatic rings. The van der Waals surface area contributed by atoms with E-state index in [9.17, 15) is 9.59 Å². The van der Waals surface area contributed by atoms with Gasteiger partial charge in [-0.15, -0.1) is 0 Å². The van der Waals surface area contributed by atoms with Crippen LogP contribution < -0.4 is 4.90 Å². The van der Waals surface area contributed by atoms with Gasteiger partial charge in [-0.25, -0.2) is 4.90 Å². The van der Waals surface area contributed by atoms with E-state index in [0.29, 0.717) is 11.2 Å². The van der Waals surface area contributed by atoms with Gasteiger partial charge < -0.3 is 0 Å². The third kappa shape index (κ3) is 3.10. The van der Waals surface area contributed by atoms with Crippen LogP contribution in [0.15, 0.2) is 103 Å². The zero-order chi connectivity index (χ0) is 23.2. The molecular weight excluding hydrogens is 420 g/mol. The second-order valence-electron chi connectivity index (χ2n) is 9.12. The summed E-state index contributed by atoms with van der Waals surface area (Å²) in [6.07, 6.45) is 5.98. The van der Waals surface area contributed by atoms with Crippen molar-refractivity contribution in [3.05, 3.63) is 120 Å². The summed E-state index contributed by atoms with van der Waals surface area (Å²) in [4.78, 5) is 34.1. The van der Waals surface area contributed by atoms with E-state index in [1.807, 2.05) is 91.9 Å². The second-order valence-corrected chi connectivity index (χ2v) is 9.12. The number of para-hydroxylation sites is 1. The normalized spacial score (nSPS) is 24.0. The largest absolute Gasteiger partial charge is 0.274 e. The molecule has 1 aliphatic heterocycles. The predicted octanol–water partition coefficient (Wildman–Crippen LogP) is 5.79. The molecule has 1 saturated heterocycles. The van der Waals surface area contributed by atoms with Crippen molar-refractivity contribution >= 4 is 28.4 Å². The van der Waals surface area contributed by atoms with Crippen molar-refractivity contribution in [2.24, 2.45) is 11.8 Å². The molecule has 0 bridgehead atoms. The number of pyridine rings is 1. The van der Waals surface area contributed by atoms with Crippen molar-refractivity contribution in [1.29, 1.82) is 0 Å². The van der Waals surface area contributed by atoms with Crippen molar-refractivity contribution in [3.63, 3.8) is 0 Å². The van der Waals surface area contributed by atoms with Gasteiger partial charge in [0.25, 0.3) is 0 Å². The van der Waals surface area contributed by atoms with E-state index in [4.69, 9.17) is 0 Å². The standard InChI is InChI=1S/C30H24N2O2/c1-19-17-18-31-28-22(19)13-8-14-25(28)32-29(33)26-23(20-9-4-2-5-10-20)15-16-24(27(26)30(32)34)21-11-6-3-7-12-21/h2-18,23-24,26-27H,1H3/t23-,24-,26+,27+/m0/s1. The summed E-state index contributed by atoms with van der Waals surface area (Å²) >= 11 is 0. The molecule has 1 aliphatic carbocycles. The first kappa shape index (κ1) is 20.5. The Hall–Kier alpha value is -4.05. The summed E-state index contributed by atoms with van der Waals surface area (Å²) in [6, 6.07) is 27.7. The molecule has 0 unspecified atom stereocenters. The highest BCUT2D eigenvalue weighted by Gasteiger charge is 2.55. The number of imide groups is 1. The minimum Gasteiger partial charge on any atom is -0.274 e. The Morgan fingerprint density at radius 3 is 1.79 bits per heavy atom. The molecule has 4 atom stereocenters. The van der Waals surface area contributed by atoms with Crippen LogP contribution in [0.1, 0.15) is 28.5 Å². The van der Waals surface area contributed by atoms with Crippen LogP contribution >= 0.6 is 0 Å². The number of fused-ring (bicyclic) bond motifs is 2. The number of hydrogen-bond acceptors (Lipinski definition) is 3. The fraction of sp³-hybridized carbons (Fsp3) is 0.167. The molecule has 1 aromatic heterocycles. The number of nitrogens with zero attached hydrogens (tertiary/aromatic N) is 2. The summed E-state index contributed by atoms with van der Waals surface area (Å²) in [5, 5.41) is 0.952. The van der Waals surface area contributed by atoms with Crippen molar-refractivity contribution in [2.45, 2.75) is 18.8 Å². The van der Waals surface area contributed by atoms with Gasteiger partial charge in [0.05, 0.1) is 23.0 Å². The van der Waals surface area contributed by atoms with Crippen LogP contribution in [0.3, 0.4) is 0 Å². The lowest BCUT2D eigenvalue weighted by atomic mass is 9.68. The van der Waals surface area contributed by atoms with Gasteiger partial charge in [0.1, 0.15) is 0 Å². The molecule has 0 saturated carbocycles. The maximum absolute atomic E-state index is 14.1.